The number of aliphatic hydroxyl groups excluding tert-OH is 1. The van der Waals surface area contributed by atoms with Crippen LogP contribution < -0.4 is 0 Å². The summed E-state index contributed by atoms with van der Waals surface area (Å²) in [6.45, 7) is 6.80. The number of rotatable bonds is 3. The molecule has 0 heterocycles. The summed E-state index contributed by atoms with van der Waals surface area (Å²) in [5.41, 5.74) is 7.87. The molecule has 0 fully saturated rings. The molecule has 2 atom stereocenters. The molecular weight excluding hydrogens is 207 g/mol. The average Bonchev–Trinajstić information content (AvgIpc) is 1.87. The summed E-state index contributed by atoms with van der Waals surface area (Å²) in [4.78, 5) is 2.48. The zero-order valence-electron chi connectivity index (χ0n) is 5.64. The second-order valence-electron chi connectivity index (χ2n) is 1.63. The summed E-state index contributed by atoms with van der Waals surface area (Å²) in [5, 5.41) is 12.0. The summed E-state index contributed by atoms with van der Waals surface area (Å²) in [6.07, 6.45) is -0.409. The first-order valence-corrected chi connectivity index (χ1v) is 2.57. The van der Waals surface area contributed by atoms with Gasteiger partial charge in [0.05, 0.1) is 0 Å². The Kier molecular flexibility index (Phi) is 9.72. The van der Waals surface area contributed by atoms with Gasteiger partial charge in [-0.2, -0.15) is 6.42 Å². The van der Waals surface area contributed by atoms with Gasteiger partial charge in [0.15, 0.2) is 0 Å². The van der Waals surface area contributed by atoms with Crippen molar-refractivity contribution in [3.63, 3.8) is 0 Å². The number of azide groups is 1. The van der Waals surface area contributed by atoms with E-state index < -0.39 is 12.1 Å². The van der Waals surface area contributed by atoms with E-state index in [1.165, 1.54) is 0 Å². The van der Waals surface area contributed by atoms with E-state index in [0.717, 1.165) is 0 Å². The van der Waals surface area contributed by atoms with Crippen LogP contribution in [0.3, 0.4) is 0 Å². The van der Waals surface area contributed by atoms with E-state index in [9.17, 15) is 0 Å². The van der Waals surface area contributed by atoms with Crippen molar-refractivity contribution in [2.45, 2.75) is 18.6 Å². The summed E-state index contributed by atoms with van der Waals surface area (Å²) < 4.78 is 0. The Morgan fingerprint density at radius 2 is 2.20 bits per heavy atom. The molecule has 55 valence electrons. The summed E-state index contributed by atoms with van der Waals surface area (Å²) in [5.74, 6) is 0. The monoisotopic (exact) mass is 216 g/mol. The third kappa shape index (κ3) is 5.18. The zero-order chi connectivity index (χ0) is 7.28. The minimum absolute atomic E-state index is 0. The Bertz CT molecular complexity index is 124. The molecule has 0 aliphatic rings. The molecule has 0 spiro atoms. The topological polar surface area (TPSA) is 69.0 Å². The van der Waals surface area contributed by atoms with Crippen molar-refractivity contribution in [2.24, 2.45) is 5.11 Å². The van der Waals surface area contributed by atoms with Crippen LogP contribution in [-0.4, -0.2) is 17.3 Å². The largest absolute Gasteiger partial charge is 0.398 e. The van der Waals surface area contributed by atoms with Gasteiger partial charge in [-0.15, -0.1) is 5.11 Å². The van der Waals surface area contributed by atoms with Crippen LogP contribution in [0.4, 0.5) is 0 Å². The van der Waals surface area contributed by atoms with Crippen LogP contribution in [0.5, 0.6) is 0 Å². The molecule has 0 aromatic rings. The average molecular weight is 216 g/mol. The van der Waals surface area contributed by atoms with Gasteiger partial charge in [0, 0.05) is 38.8 Å². The molecule has 0 saturated carbocycles. The smallest absolute Gasteiger partial charge is 0.00787 e. The Morgan fingerprint density at radius 1 is 1.70 bits per heavy atom. The number of hydrogen-bond donors (Lipinski definition) is 1. The van der Waals surface area contributed by atoms with Gasteiger partial charge < -0.3 is 19.0 Å². The van der Waals surface area contributed by atoms with E-state index >= 15 is 0 Å². The third-order valence-electron chi connectivity index (χ3n) is 0.940. The second kappa shape index (κ2) is 7.48. The molecule has 0 unspecified atom stereocenters. The number of nitrogens with zero attached hydrogens (tertiary/aromatic N) is 3. The second-order valence-corrected chi connectivity index (χ2v) is 1.63. The predicted octanol–water partition coefficient (Wildman–Crippen LogP) is 1.08. The van der Waals surface area contributed by atoms with Gasteiger partial charge in [0.2, 0.25) is 0 Å². The van der Waals surface area contributed by atoms with E-state index in [4.69, 9.17) is 10.6 Å². The molecule has 1 N–H and O–H groups in total. The zero-order valence-corrected chi connectivity index (χ0v) is 8.48. The Balaban J connectivity index is 0. The molecular formula is C5H9N3OY-2. The first-order valence-electron chi connectivity index (χ1n) is 2.57. The fraction of sp³-hybridized carbons (Fsp3) is 0.600. The van der Waals surface area contributed by atoms with Gasteiger partial charge in [-0.25, -0.2) is 0 Å². The van der Waals surface area contributed by atoms with Crippen molar-refractivity contribution in [3.05, 3.63) is 24.3 Å². The SMILES string of the molecule is [CH2-]C[C@H](O)[C@H]([CH2-])N=[N+]=[N-].[Y]. The van der Waals surface area contributed by atoms with Gasteiger partial charge in [0.25, 0.3) is 0 Å². The maximum Gasteiger partial charge on any atom is 0.00787 e. The molecule has 10 heavy (non-hydrogen) atoms. The number of aliphatic hydroxyl groups is 1. The first kappa shape index (κ1) is 13.0. The van der Waals surface area contributed by atoms with E-state index in [0.29, 0.717) is 6.42 Å². The van der Waals surface area contributed by atoms with Gasteiger partial charge in [-0.05, 0) is 10.4 Å². The molecule has 0 rings (SSSR count). The van der Waals surface area contributed by atoms with Crippen LogP contribution in [0, 0.1) is 13.8 Å². The van der Waals surface area contributed by atoms with Crippen molar-refractivity contribution in [2.75, 3.05) is 0 Å². The van der Waals surface area contributed by atoms with Gasteiger partial charge in [-0.1, -0.05) is 6.04 Å². The van der Waals surface area contributed by atoms with Crippen molar-refractivity contribution >= 4 is 0 Å². The molecule has 0 aliphatic carbocycles. The molecule has 0 aromatic heterocycles. The van der Waals surface area contributed by atoms with E-state index in [-0.39, 0.29) is 32.7 Å². The van der Waals surface area contributed by atoms with Gasteiger partial charge >= 0.3 is 0 Å². The van der Waals surface area contributed by atoms with Crippen molar-refractivity contribution < 1.29 is 37.8 Å². The Hall–Kier alpha value is 0.374. The fourth-order valence-corrected chi connectivity index (χ4v) is 0.336. The minimum atomic E-state index is -0.721. The van der Waals surface area contributed by atoms with Crippen molar-refractivity contribution in [3.8, 4) is 0 Å². The van der Waals surface area contributed by atoms with Crippen LogP contribution in [0.1, 0.15) is 6.42 Å². The summed E-state index contributed by atoms with van der Waals surface area (Å²) >= 11 is 0. The summed E-state index contributed by atoms with van der Waals surface area (Å²) in [7, 11) is 0. The van der Waals surface area contributed by atoms with Crippen LogP contribution in [0.15, 0.2) is 5.11 Å². The summed E-state index contributed by atoms with van der Waals surface area (Å²) in [6, 6.07) is -0.618. The van der Waals surface area contributed by atoms with Crippen molar-refractivity contribution in [1.82, 2.24) is 0 Å². The maximum atomic E-state index is 8.87. The van der Waals surface area contributed by atoms with Crippen LogP contribution in [-0.2, 0) is 32.7 Å². The molecule has 0 bridgehead atoms. The Labute approximate surface area is 85.5 Å². The van der Waals surface area contributed by atoms with Crippen LogP contribution in [0.2, 0.25) is 0 Å². The van der Waals surface area contributed by atoms with Gasteiger partial charge in [0.1, 0.15) is 0 Å². The molecule has 0 aromatic carbocycles. The van der Waals surface area contributed by atoms with Crippen LogP contribution >= 0.6 is 0 Å². The molecule has 4 nitrogen and oxygen atoms in total. The van der Waals surface area contributed by atoms with E-state index in [2.05, 4.69) is 23.9 Å². The van der Waals surface area contributed by atoms with Gasteiger partial charge in [-0.3, -0.25) is 0 Å². The molecule has 5 heteroatoms. The third-order valence-corrected chi connectivity index (χ3v) is 0.940. The maximum absolute atomic E-state index is 8.87. The Morgan fingerprint density at radius 3 is 2.50 bits per heavy atom. The predicted molar refractivity (Wildman–Crippen MR) is 34.3 cm³/mol. The standard InChI is InChI=1S/C5H9N3O.Y/c1-3-5(9)4(2)7-8-6;/h4-5,9H,1-3H2;/q-2;/t4-,5-;/m0./s1. The quantitative estimate of drug-likeness (QED) is 0.326. The van der Waals surface area contributed by atoms with E-state index in [1.54, 1.807) is 0 Å². The van der Waals surface area contributed by atoms with Crippen LogP contribution in [0.25, 0.3) is 10.4 Å². The van der Waals surface area contributed by atoms with E-state index in [1.807, 2.05) is 0 Å². The number of hydrogen-bond acceptors (Lipinski definition) is 2. The fourth-order valence-electron chi connectivity index (χ4n) is 0.336. The molecule has 1 radical (unpaired) electrons. The molecule has 0 amide bonds. The molecule has 0 saturated heterocycles. The van der Waals surface area contributed by atoms with Crippen molar-refractivity contribution in [1.29, 1.82) is 0 Å². The minimum Gasteiger partial charge on any atom is -0.398 e. The normalized spacial score (nSPS) is 14.3. The molecule has 0 aliphatic heterocycles. The first-order chi connectivity index (χ1) is 4.22.